The molecule has 0 bridgehead atoms. The summed E-state index contributed by atoms with van der Waals surface area (Å²) in [4.78, 5) is 4.12. The summed E-state index contributed by atoms with van der Waals surface area (Å²) in [7, 11) is 0. The first-order valence-electron chi connectivity index (χ1n) is 5.39. The van der Waals surface area contributed by atoms with E-state index in [0.717, 1.165) is 18.7 Å². The van der Waals surface area contributed by atoms with Crippen molar-refractivity contribution in [2.45, 2.75) is 25.0 Å². The number of aromatic nitrogens is 4. The number of nitrogens with two attached hydrogens (primary N) is 1. The average Bonchev–Trinajstić information content (AvgIpc) is 2.94. The molecule has 2 aromatic rings. The van der Waals surface area contributed by atoms with Crippen molar-refractivity contribution in [2.24, 2.45) is 5.73 Å². The predicted molar refractivity (Wildman–Crippen MR) is 56.7 cm³/mol. The van der Waals surface area contributed by atoms with Crippen LogP contribution in [0.3, 0.4) is 0 Å². The minimum absolute atomic E-state index is 0.00671. The van der Waals surface area contributed by atoms with Gasteiger partial charge in [-0.15, -0.1) is 10.2 Å². The summed E-state index contributed by atoms with van der Waals surface area (Å²) in [5.41, 5.74) is 5.58. The first-order valence-corrected chi connectivity index (χ1v) is 5.39. The zero-order valence-electron chi connectivity index (χ0n) is 8.78. The Morgan fingerprint density at radius 1 is 1.44 bits per heavy atom. The molecule has 0 amide bonds. The van der Waals surface area contributed by atoms with Crippen LogP contribution in [0.4, 0.5) is 0 Å². The fraction of sp³-hybridized carbons (Fsp3) is 0.500. The fourth-order valence-corrected chi connectivity index (χ4v) is 2.05. The van der Waals surface area contributed by atoms with Gasteiger partial charge in [0.2, 0.25) is 0 Å². The molecule has 2 atom stereocenters. The fourth-order valence-electron chi connectivity index (χ4n) is 2.05. The Kier molecular flexibility index (Phi) is 2.30. The van der Waals surface area contributed by atoms with E-state index in [1.54, 1.807) is 6.20 Å². The number of fused-ring (bicyclic) bond motifs is 1. The molecule has 0 spiro atoms. The molecule has 1 aliphatic rings. The Morgan fingerprint density at radius 2 is 2.38 bits per heavy atom. The van der Waals surface area contributed by atoms with Gasteiger partial charge in [0.05, 0.1) is 6.10 Å². The molecule has 6 nitrogen and oxygen atoms in total. The zero-order chi connectivity index (χ0) is 11.0. The molecule has 2 N–H and O–H groups in total. The van der Waals surface area contributed by atoms with Crippen LogP contribution < -0.4 is 5.73 Å². The summed E-state index contributed by atoms with van der Waals surface area (Å²) in [6.45, 7) is 0.561. The molecule has 3 heterocycles. The summed E-state index contributed by atoms with van der Waals surface area (Å²) in [6, 6.07) is 1.86. The Bertz CT molecular complexity index is 497. The lowest BCUT2D eigenvalue weighted by atomic mass is 10.2. The van der Waals surface area contributed by atoms with Crippen molar-refractivity contribution in [3.05, 3.63) is 24.3 Å². The quantitative estimate of drug-likeness (QED) is 0.786. The molecule has 0 saturated carbocycles. The van der Waals surface area contributed by atoms with E-state index in [9.17, 15) is 0 Å². The average molecular weight is 219 g/mol. The van der Waals surface area contributed by atoms with Gasteiger partial charge in [-0.3, -0.25) is 4.40 Å². The third-order valence-electron chi connectivity index (χ3n) is 2.87. The van der Waals surface area contributed by atoms with Crippen LogP contribution >= 0.6 is 0 Å². The van der Waals surface area contributed by atoms with Gasteiger partial charge in [-0.2, -0.15) is 0 Å². The van der Waals surface area contributed by atoms with E-state index in [-0.39, 0.29) is 12.2 Å². The summed E-state index contributed by atoms with van der Waals surface area (Å²) in [6.07, 6.45) is 5.67. The number of hydrogen-bond acceptors (Lipinski definition) is 5. The number of nitrogens with zero attached hydrogens (tertiary/aromatic N) is 4. The molecule has 0 aliphatic carbocycles. The molecule has 84 valence electrons. The van der Waals surface area contributed by atoms with Crippen molar-refractivity contribution >= 4 is 5.78 Å². The maximum absolute atomic E-state index is 5.79. The van der Waals surface area contributed by atoms with Crippen LogP contribution in [-0.4, -0.2) is 32.2 Å². The van der Waals surface area contributed by atoms with E-state index in [4.69, 9.17) is 10.5 Å². The largest absolute Gasteiger partial charge is 0.366 e. The third kappa shape index (κ3) is 1.46. The van der Waals surface area contributed by atoms with Gasteiger partial charge < -0.3 is 10.5 Å². The van der Waals surface area contributed by atoms with Gasteiger partial charge in [0.1, 0.15) is 6.10 Å². The lowest BCUT2D eigenvalue weighted by molar-refractivity contribution is 0.0442. The Hall–Kier alpha value is -1.53. The lowest BCUT2D eigenvalue weighted by Gasteiger charge is -2.10. The molecule has 0 radical (unpaired) electrons. The van der Waals surface area contributed by atoms with Gasteiger partial charge in [0.15, 0.2) is 5.82 Å². The molecule has 6 heteroatoms. The lowest BCUT2D eigenvalue weighted by Crippen LogP contribution is -2.19. The maximum atomic E-state index is 5.79. The second-order valence-corrected chi connectivity index (χ2v) is 3.91. The van der Waals surface area contributed by atoms with Gasteiger partial charge in [-0.25, -0.2) is 4.98 Å². The minimum atomic E-state index is -0.00671. The van der Waals surface area contributed by atoms with E-state index in [1.165, 1.54) is 0 Å². The zero-order valence-corrected chi connectivity index (χ0v) is 8.78. The minimum Gasteiger partial charge on any atom is -0.366 e. The molecule has 1 aliphatic heterocycles. The molecule has 0 aromatic carbocycles. The van der Waals surface area contributed by atoms with Crippen LogP contribution in [0, 0.1) is 0 Å². The van der Waals surface area contributed by atoms with Crippen LogP contribution in [0.15, 0.2) is 18.5 Å². The van der Waals surface area contributed by atoms with E-state index < -0.39 is 0 Å². The van der Waals surface area contributed by atoms with Crippen LogP contribution in [-0.2, 0) is 4.74 Å². The Morgan fingerprint density at radius 3 is 3.19 bits per heavy atom. The topological polar surface area (TPSA) is 78.3 Å². The van der Waals surface area contributed by atoms with Crippen molar-refractivity contribution in [3.8, 4) is 0 Å². The first kappa shape index (κ1) is 9.68. The van der Waals surface area contributed by atoms with Gasteiger partial charge in [0, 0.05) is 18.9 Å². The van der Waals surface area contributed by atoms with Gasteiger partial charge in [-0.1, -0.05) is 0 Å². The monoisotopic (exact) mass is 219 g/mol. The third-order valence-corrected chi connectivity index (χ3v) is 2.87. The Labute approximate surface area is 92.4 Å². The maximum Gasteiger partial charge on any atom is 0.255 e. The van der Waals surface area contributed by atoms with Gasteiger partial charge in [0.25, 0.3) is 5.78 Å². The van der Waals surface area contributed by atoms with E-state index in [1.807, 2.05) is 16.7 Å². The number of ether oxygens (including phenoxy) is 1. The van der Waals surface area contributed by atoms with E-state index >= 15 is 0 Å². The smallest absolute Gasteiger partial charge is 0.255 e. The number of hydrogen-bond donors (Lipinski definition) is 1. The van der Waals surface area contributed by atoms with Crippen LogP contribution in [0.5, 0.6) is 0 Å². The predicted octanol–water partition coefficient (Wildman–Crippen LogP) is 0.303. The first-order chi connectivity index (χ1) is 7.88. The SMILES string of the molecule is NCC1CCC(c2nnc3ncccn23)O1. The van der Waals surface area contributed by atoms with Crippen molar-refractivity contribution in [1.29, 1.82) is 0 Å². The molecule has 2 unspecified atom stereocenters. The normalized spacial score (nSPS) is 25.3. The highest BCUT2D eigenvalue weighted by atomic mass is 16.5. The summed E-state index contributed by atoms with van der Waals surface area (Å²) >= 11 is 0. The highest BCUT2D eigenvalue weighted by molar-refractivity contribution is 5.27. The molecule has 1 fully saturated rings. The second kappa shape index (κ2) is 3.80. The number of rotatable bonds is 2. The summed E-state index contributed by atoms with van der Waals surface area (Å²) < 4.78 is 7.65. The molecule has 1 saturated heterocycles. The van der Waals surface area contributed by atoms with Crippen LogP contribution in [0.25, 0.3) is 5.78 Å². The van der Waals surface area contributed by atoms with Crippen molar-refractivity contribution in [2.75, 3.05) is 6.54 Å². The Balaban J connectivity index is 1.95. The molecule has 3 rings (SSSR count). The van der Waals surface area contributed by atoms with Gasteiger partial charge >= 0.3 is 0 Å². The molecule has 16 heavy (non-hydrogen) atoms. The van der Waals surface area contributed by atoms with E-state index in [2.05, 4.69) is 15.2 Å². The second-order valence-electron chi connectivity index (χ2n) is 3.91. The highest BCUT2D eigenvalue weighted by Crippen LogP contribution is 2.30. The van der Waals surface area contributed by atoms with Crippen molar-refractivity contribution in [3.63, 3.8) is 0 Å². The summed E-state index contributed by atoms with van der Waals surface area (Å²) in [5.74, 6) is 1.43. The molecular weight excluding hydrogens is 206 g/mol. The van der Waals surface area contributed by atoms with E-state index in [0.29, 0.717) is 12.3 Å². The highest BCUT2D eigenvalue weighted by Gasteiger charge is 2.29. The molecule has 2 aromatic heterocycles. The standard InChI is InChI=1S/C10H13N5O/c11-6-7-2-3-8(16-7)9-13-14-10-12-4-1-5-15(9)10/h1,4-5,7-8H,2-3,6,11H2. The van der Waals surface area contributed by atoms with Crippen LogP contribution in [0.1, 0.15) is 24.8 Å². The van der Waals surface area contributed by atoms with Crippen molar-refractivity contribution in [1.82, 2.24) is 19.6 Å². The van der Waals surface area contributed by atoms with Gasteiger partial charge in [-0.05, 0) is 18.9 Å². The summed E-state index contributed by atoms with van der Waals surface area (Å²) in [5, 5.41) is 8.14. The van der Waals surface area contributed by atoms with Crippen molar-refractivity contribution < 1.29 is 4.74 Å². The van der Waals surface area contributed by atoms with Crippen LogP contribution in [0.2, 0.25) is 0 Å². The molecular formula is C10H13N5O.